The van der Waals surface area contributed by atoms with Crippen LogP contribution in [0.2, 0.25) is 0 Å². The van der Waals surface area contributed by atoms with Gasteiger partial charge in [0.25, 0.3) is 0 Å². The second kappa shape index (κ2) is 10.4. The Hall–Kier alpha value is -3.66. The number of pyridine rings is 2. The van der Waals surface area contributed by atoms with Crippen molar-refractivity contribution in [2.75, 3.05) is 49.5 Å². The molecule has 1 saturated carbocycles. The molecule has 1 atom stereocenters. The van der Waals surface area contributed by atoms with Gasteiger partial charge in [-0.25, -0.2) is 15.0 Å². The van der Waals surface area contributed by atoms with Gasteiger partial charge in [-0.3, -0.25) is 9.88 Å². The second-order valence-electron chi connectivity index (χ2n) is 9.81. The van der Waals surface area contributed by atoms with Crippen molar-refractivity contribution in [1.29, 1.82) is 0 Å². The maximum absolute atomic E-state index is 9.87. The summed E-state index contributed by atoms with van der Waals surface area (Å²) in [6, 6.07) is 13.9. The van der Waals surface area contributed by atoms with Crippen molar-refractivity contribution in [1.82, 2.24) is 24.8 Å². The highest BCUT2D eigenvalue weighted by molar-refractivity contribution is 5.94. The van der Waals surface area contributed by atoms with Crippen LogP contribution in [0.15, 0.2) is 61.1 Å². The predicted octanol–water partition coefficient (Wildman–Crippen LogP) is 3.18. The van der Waals surface area contributed by atoms with E-state index in [0.29, 0.717) is 18.3 Å². The van der Waals surface area contributed by atoms with E-state index in [-0.39, 0.29) is 6.61 Å². The molecule has 0 bridgehead atoms. The molecule has 3 aromatic heterocycles. The number of hydrogen-bond acceptors (Lipinski definition) is 9. The standard InChI is InChI=1S/C28H31N7O2/c36-18-22(37)17-34-10-12-35(13-11-34)28-26-23(19-6-7-19)15-29-16-24(26)32-27(33-28)20-8-9-30-25(14-20)31-21-4-2-1-3-5-21/h1-5,8-9,14-16,19,22,36-37H,6-7,10-13,17-18H2,(H,30,31)/t22-/m0/s1. The summed E-state index contributed by atoms with van der Waals surface area (Å²) in [5, 5.41) is 23.6. The van der Waals surface area contributed by atoms with Crippen LogP contribution in [0.1, 0.15) is 24.3 Å². The predicted molar refractivity (Wildman–Crippen MR) is 144 cm³/mol. The molecular formula is C28H31N7O2. The Bertz CT molecular complexity index is 1370. The van der Waals surface area contributed by atoms with E-state index in [4.69, 9.17) is 9.97 Å². The van der Waals surface area contributed by atoms with Gasteiger partial charge < -0.3 is 20.4 Å². The van der Waals surface area contributed by atoms with Crippen LogP contribution in [0.5, 0.6) is 0 Å². The number of anilines is 3. The molecule has 37 heavy (non-hydrogen) atoms. The van der Waals surface area contributed by atoms with Crippen LogP contribution in [0.3, 0.4) is 0 Å². The summed E-state index contributed by atoms with van der Waals surface area (Å²) in [5.41, 5.74) is 3.95. The Balaban J connectivity index is 1.35. The van der Waals surface area contributed by atoms with Gasteiger partial charge in [0.1, 0.15) is 11.6 Å². The lowest BCUT2D eigenvalue weighted by molar-refractivity contribution is 0.0574. The quantitative estimate of drug-likeness (QED) is 0.338. The van der Waals surface area contributed by atoms with E-state index >= 15 is 0 Å². The largest absolute Gasteiger partial charge is 0.394 e. The summed E-state index contributed by atoms with van der Waals surface area (Å²) in [5.74, 6) is 2.85. The molecule has 4 heterocycles. The van der Waals surface area contributed by atoms with Crippen LogP contribution >= 0.6 is 0 Å². The first-order chi connectivity index (χ1) is 18.2. The fraction of sp³-hybridized carbons (Fsp3) is 0.357. The first-order valence-electron chi connectivity index (χ1n) is 12.9. The average molecular weight is 498 g/mol. The number of hydrogen-bond donors (Lipinski definition) is 3. The number of fused-ring (bicyclic) bond motifs is 1. The van der Waals surface area contributed by atoms with Crippen LogP contribution in [0.25, 0.3) is 22.3 Å². The maximum Gasteiger partial charge on any atom is 0.162 e. The number of aromatic nitrogens is 4. The van der Waals surface area contributed by atoms with Crippen molar-refractivity contribution in [3.63, 3.8) is 0 Å². The smallest absolute Gasteiger partial charge is 0.162 e. The molecule has 9 nitrogen and oxygen atoms in total. The third-order valence-electron chi connectivity index (χ3n) is 7.05. The summed E-state index contributed by atoms with van der Waals surface area (Å²) >= 11 is 0. The molecule has 1 aliphatic heterocycles. The molecule has 0 unspecified atom stereocenters. The fourth-order valence-corrected chi connectivity index (χ4v) is 4.96. The van der Waals surface area contributed by atoms with Crippen molar-refractivity contribution < 1.29 is 10.2 Å². The third kappa shape index (κ3) is 5.24. The van der Waals surface area contributed by atoms with Gasteiger partial charge in [0.05, 0.1) is 24.4 Å². The van der Waals surface area contributed by atoms with Gasteiger partial charge >= 0.3 is 0 Å². The van der Waals surface area contributed by atoms with Crippen molar-refractivity contribution >= 4 is 28.2 Å². The summed E-state index contributed by atoms with van der Waals surface area (Å²) < 4.78 is 0. The minimum absolute atomic E-state index is 0.217. The minimum atomic E-state index is -0.712. The van der Waals surface area contributed by atoms with E-state index in [0.717, 1.165) is 60.0 Å². The number of rotatable bonds is 8. The number of aliphatic hydroxyl groups excluding tert-OH is 2. The van der Waals surface area contributed by atoms with E-state index in [1.807, 2.05) is 54.9 Å². The molecule has 1 saturated heterocycles. The van der Waals surface area contributed by atoms with Gasteiger partial charge in [0, 0.05) is 61.8 Å². The number of β-amino-alcohol motifs (C(OH)–C–C–N with tert-alkyl or cyclic N) is 1. The summed E-state index contributed by atoms with van der Waals surface area (Å²) in [6.45, 7) is 3.42. The molecule has 1 aliphatic carbocycles. The Kier molecular flexibility index (Phi) is 6.65. The Morgan fingerprint density at radius 2 is 1.81 bits per heavy atom. The van der Waals surface area contributed by atoms with E-state index in [1.54, 1.807) is 6.20 Å². The monoisotopic (exact) mass is 497 g/mol. The van der Waals surface area contributed by atoms with Gasteiger partial charge in [0.2, 0.25) is 0 Å². The first kappa shape index (κ1) is 23.7. The van der Waals surface area contributed by atoms with E-state index in [9.17, 15) is 10.2 Å². The SMILES string of the molecule is OC[C@@H](O)CN1CCN(c2nc(-c3ccnc(Nc4ccccc4)c3)nc3cncc(C4CC4)c23)CC1. The zero-order valence-corrected chi connectivity index (χ0v) is 20.7. The summed E-state index contributed by atoms with van der Waals surface area (Å²) in [7, 11) is 0. The molecular weight excluding hydrogens is 466 g/mol. The Labute approximate surface area is 215 Å². The van der Waals surface area contributed by atoms with Crippen LogP contribution in [0, 0.1) is 0 Å². The van der Waals surface area contributed by atoms with Crippen molar-refractivity contribution in [2.24, 2.45) is 0 Å². The highest BCUT2D eigenvalue weighted by Gasteiger charge is 2.30. The van der Waals surface area contributed by atoms with Crippen LogP contribution < -0.4 is 10.2 Å². The lowest BCUT2D eigenvalue weighted by atomic mass is 10.1. The molecule has 1 aromatic carbocycles. The van der Waals surface area contributed by atoms with E-state index in [1.165, 1.54) is 18.4 Å². The van der Waals surface area contributed by atoms with Crippen molar-refractivity contribution in [2.45, 2.75) is 24.9 Å². The lowest BCUT2D eigenvalue weighted by Gasteiger charge is -2.36. The molecule has 6 rings (SSSR count). The number of piperazine rings is 1. The number of para-hydroxylation sites is 1. The van der Waals surface area contributed by atoms with Gasteiger partial charge in [0.15, 0.2) is 5.82 Å². The molecule has 2 aliphatic rings. The molecule has 0 amide bonds. The van der Waals surface area contributed by atoms with Gasteiger partial charge in [-0.05, 0) is 48.6 Å². The molecule has 0 spiro atoms. The highest BCUT2D eigenvalue weighted by atomic mass is 16.3. The first-order valence-corrected chi connectivity index (χ1v) is 12.9. The maximum atomic E-state index is 9.87. The van der Waals surface area contributed by atoms with Crippen LogP contribution in [-0.4, -0.2) is 80.5 Å². The topological polar surface area (TPSA) is 111 Å². The van der Waals surface area contributed by atoms with Crippen molar-refractivity contribution in [3.05, 3.63) is 66.6 Å². The number of nitrogens with zero attached hydrogens (tertiary/aromatic N) is 6. The molecule has 3 N–H and O–H groups in total. The van der Waals surface area contributed by atoms with Crippen molar-refractivity contribution in [3.8, 4) is 11.4 Å². The minimum Gasteiger partial charge on any atom is -0.394 e. The number of aliphatic hydroxyl groups is 2. The average Bonchev–Trinajstić information content (AvgIpc) is 3.79. The second-order valence-corrected chi connectivity index (χ2v) is 9.81. The van der Waals surface area contributed by atoms with Gasteiger partial charge in [-0.2, -0.15) is 0 Å². The Morgan fingerprint density at radius 3 is 2.57 bits per heavy atom. The molecule has 2 fully saturated rings. The van der Waals surface area contributed by atoms with E-state index in [2.05, 4.69) is 25.1 Å². The molecule has 0 radical (unpaired) electrons. The van der Waals surface area contributed by atoms with Gasteiger partial charge in [-0.1, -0.05) is 18.2 Å². The highest BCUT2D eigenvalue weighted by Crippen LogP contribution is 2.45. The van der Waals surface area contributed by atoms with E-state index < -0.39 is 6.10 Å². The fourth-order valence-electron chi connectivity index (χ4n) is 4.96. The normalized spacial score (nSPS) is 17.2. The Morgan fingerprint density at radius 1 is 1.00 bits per heavy atom. The van der Waals surface area contributed by atoms with Crippen LogP contribution in [-0.2, 0) is 0 Å². The number of nitrogens with one attached hydrogen (secondary N) is 1. The van der Waals surface area contributed by atoms with Gasteiger partial charge in [-0.15, -0.1) is 0 Å². The molecule has 9 heteroatoms. The number of benzene rings is 1. The molecule has 190 valence electrons. The molecule has 4 aromatic rings. The summed E-state index contributed by atoms with van der Waals surface area (Å²) in [4.78, 5) is 23.6. The summed E-state index contributed by atoms with van der Waals surface area (Å²) in [6.07, 6.45) is 7.23. The zero-order valence-electron chi connectivity index (χ0n) is 20.7. The third-order valence-corrected chi connectivity index (χ3v) is 7.05. The van der Waals surface area contributed by atoms with Crippen LogP contribution in [0.4, 0.5) is 17.3 Å². The zero-order chi connectivity index (χ0) is 25.2. The lowest BCUT2D eigenvalue weighted by Crippen LogP contribution is -2.49.